The molecule has 0 radical (unpaired) electrons. The van der Waals surface area contributed by atoms with Crippen molar-refractivity contribution in [1.29, 1.82) is 0 Å². The van der Waals surface area contributed by atoms with Gasteiger partial charge in [0.25, 0.3) is 0 Å². The Morgan fingerprint density at radius 2 is 1.64 bits per heavy atom. The third-order valence-electron chi connectivity index (χ3n) is 4.23. The molecule has 28 heavy (non-hydrogen) atoms. The SMILES string of the molecule is CC[C@@H]1C[C@H](O)c2ccc(S(=O)(=O)Oc3c(F)c(F)c(F)c(F)c3F)cc2O1. The predicted molar refractivity (Wildman–Crippen MR) is 84.8 cm³/mol. The van der Waals surface area contributed by atoms with E-state index < -0.39 is 62.1 Å². The first kappa shape index (κ1) is 20.3. The topological polar surface area (TPSA) is 72.8 Å². The molecule has 0 saturated heterocycles. The van der Waals surface area contributed by atoms with Crippen LogP contribution < -0.4 is 8.92 Å². The zero-order valence-corrected chi connectivity index (χ0v) is 15.0. The van der Waals surface area contributed by atoms with Gasteiger partial charge in [-0.2, -0.15) is 17.2 Å². The Morgan fingerprint density at radius 1 is 1.07 bits per heavy atom. The molecule has 1 aliphatic rings. The van der Waals surface area contributed by atoms with E-state index in [4.69, 9.17) is 4.74 Å². The summed E-state index contributed by atoms with van der Waals surface area (Å²) in [7, 11) is -4.98. The summed E-state index contributed by atoms with van der Waals surface area (Å²) in [5, 5.41) is 10.1. The maximum atomic E-state index is 13.7. The molecule has 0 saturated carbocycles. The summed E-state index contributed by atoms with van der Waals surface area (Å²) >= 11 is 0. The van der Waals surface area contributed by atoms with Gasteiger partial charge >= 0.3 is 10.1 Å². The van der Waals surface area contributed by atoms with Crippen molar-refractivity contribution in [3.8, 4) is 11.5 Å². The van der Waals surface area contributed by atoms with Crippen molar-refractivity contribution in [3.05, 3.63) is 52.8 Å². The first-order chi connectivity index (χ1) is 13.1. The van der Waals surface area contributed by atoms with Crippen molar-refractivity contribution < 1.29 is 44.4 Å². The summed E-state index contributed by atoms with van der Waals surface area (Å²) < 4.78 is 101. The van der Waals surface area contributed by atoms with Gasteiger partial charge in [-0.05, 0) is 12.5 Å². The summed E-state index contributed by atoms with van der Waals surface area (Å²) in [5.41, 5.74) is 0.292. The van der Waals surface area contributed by atoms with Crippen molar-refractivity contribution in [2.24, 2.45) is 0 Å². The van der Waals surface area contributed by atoms with Crippen LogP contribution in [0.5, 0.6) is 11.5 Å². The smallest absolute Gasteiger partial charge is 0.339 e. The van der Waals surface area contributed by atoms with E-state index in [-0.39, 0.29) is 12.2 Å². The molecule has 0 bridgehead atoms. The van der Waals surface area contributed by atoms with Gasteiger partial charge in [0, 0.05) is 18.1 Å². The number of hydrogen-bond acceptors (Lipinski definition) is 5. The number of aliphatic hydroxyl groups excluding tert-OH is 1. The summed E-state index contributed by atoms with van der Waals surface area (Å²) in [6.07, 6.45) is -0.497. The van der Waals surface area contributed by atoms with Crippen LogP contribution in [0.15, 0.2) is 23.1 Å². The fourth-order valence-electron chi connectivity index (χ4n) is 2.72. The van der Waals surface area contributed by atoms with Crippen molar-refractivity contribution in [2.75, 3.05) is 0 Å². The normalized spacial score (nSPS) is 19.1. The second kappa shape index (κ2) is 7.21. The third kappa shape index (κ3) is 3.39. The fraction of sp³-hybridized carbons (Fsp3) is 0.294. The Labute approximate surface area is 156 Å². The van der Waals surface area contributed by atoms with E-state index in [9.17, 15) is 35.5 Å². The second-order valence-electron chi connectivity index (χ2n) is 6.04. The largest absolute Gasteiger partial charge is 0.490 e. The molecule has 0 amide bonds. The Bertz CT molecular complexity index is 1010. The fourth-order valence-corrected chi connectivity index (χ4v) is 3.67. The lowest BCUT2D eigenvalue weighted by Gasteiger charge is -2.29. The lowest BCUT2D eigenvalue weighted by atomic mass is 9.98. The van der Waals surface area contributed by atoms with Crippen molar-refractivity contribution >= 4 is 10.1 Å². The van der Waals surface area contributed by atoms with Crippen LogP contribution in [0.25, 0.3) is 0 Å². The first-order valence-electron chi connectivity index (χ1n) is 8.01. The molecule has 5 nitrogen and oxygen atoms in total. The Morgan fingerprint density at radius 3 is 2.21 bits per heavy atom. The number of fused-ring (bicyclic) bond motifs is 1. The van der Waals surface area contributed by atoms with Crippen LogP contribution in [0.2, 0.25) is 0 Å². The molecule has 152 valence electrons. The number of hydrogen-bond donors (Lipinski definition) is 1. The van der Waals surface area contributed by atoms with Gasteiger partial charge in [-0.15, -0.1) is 0 Å². The molecule has 2 atom stereocenters. The van der Waals surface area contributed by atoms with Crippen LogP contribution in [0.1, 0.15) is 31.4 Å². The molecule has 1 N–H and O–H groups in total. The van der Waals surface area contributed by atoms with Crippen LogP contribution in [0, 0.1) is 29.1 Å². The molecule has 2 aromatic carbocycles. The summed E-state index contributed by atoms with van der Waals surface area (Å²) in [4.78, 5) is -0.654. The van der Waals surface area contributed by atoms with Gasteiger partial charge in [0.2, 0.25) is 34.8 Å². The van der Waals surface area contributed by atoms with E-state index in [1.54, 1.807) is 6.92 Å². The van der Waals surface area contributed by atoms with E-state index in [0.717, 1.165) is 12.1 Å². The monoisotopic (exact) mass is 424 g/mol. The maximum absolute atomic E-state index is 13.7. The van der Waals surface area contributed by atoms with Crippen molar-refractivity contribution in [2.45, 2.75) is 36.9 Å². The van der Waals surface area contributed by atoms with E-state index in [0.29, 0.717) is 12.0 Å². The van der Waals surface area contributed by atoms with Crippen LogP contribution in [-0.2, 0) is 10.1 Å². The highest BCUT2D eigenvalue weighted by molar-refractivity contribution is 7.87. The highest BCUT2D eigenvalue weighted by Crippen LogP contribution is 2.38. The molecule has 1 heterocycles. The van der Waals surface area contributed by atoms with E-state index in [1.165, 1.54) is 6.07 Å². The second-order valence-corrected chi connectivity index (χ2v) is 7.58. The number of benzene rings is 2. The standard InChI is InChI=1S/C17H13F5O5S/c1-2-7-5-10(23)9-4-3-8(6-11(9)26-7)28(24,25)27-17-15(21)13(19)12(18)14(20)16(17)22/h3-4,6-7,10,23H,2,5H2,1H3/t7-,10+/m1/s1. The Hall–Kier alpha value is -2.40. The minimum Gasteiger partial charge on any atom is -0.490 e. The lowest BCUT2D eigenvalue weighted by molar-refractivity contribution is 0.0639. The highest BCUT2D eigenvalue weighted by atomic mass is 32.2. The zero-order valence-electron chi connectivity index (χ0n) is 14.2. The van der Waals surface area contributed by atoms with Crippen molar-refractivity contribution in [1.82, 2.24) is 0 Å². The number of aliphatic hydroxyl groups is 1. The van der Waals surface area contributed by atoms with Gasteiger partial charge in [-0.3, -0.25) is 0 Å². The van der Waals surface area contributed by atoms with Gasteiger partial charge in [-0.1, -0.05) is 13.0 Å². The summed E-state index contributed by atoms with van der Waals surface area (Å²) in [5.74, 6) is -13.9. The Kier molecular flexibility index (Phi) is 5.24. The molecule has 2 aromatic rings. The van der Waals surface area contributed by atoms with Gasteiger partial charge in [0.15, 0.2) is 0 Å². The lowest BCUT2D eigenvalue weighted by Crippen LogP contribution is -2.25. The van der Waals surface area contributed by atoms with E-state index >= 15 is 0 Å². The van der Waals surface area contributed by atoms with Gasteiger partial charge < -0.3 is 14.0 Å². The first-order valence-corrected chi connectivity index (χ1v) is 9.42. The maximum Gasteiger partial charge on any atom is 0.339 e. The number of halogens is 5. The average Bonchev–Trinajstić information content (AvgIpc) is 2.67. The van der Waals surface area contributed by atoms with Crippen LogP contribution in [-0.4, -0.2) is 19.6 Å². The third-order valence-corrected chi connectivity index (χ3v) is 5.45. The zero-order chi connectivity index (χ0) is 20.8. The molecular weight excluding hydrogens is 411 g/mol. The number of rotatable bonds is 4. The molecule has 0 unspecified atom stereocenters. The Balaban J connectivity index is 2.02. The average molecular weight is 424 g/mol. The molecule has 0 fully saturated rings. The molecule has 3 rings (SSSR count). The molecule has 0 aromatic heterocycles. The molecular formula is C17H13F5O5S. The van der Waals surface area contributed by atoms with E-state index in [2.05, 4.69) is 4.18 Å². The molecule has 11 heteroatoms. The van der Waals surface area contributed by atoms with Crippen LogP contribution >= 0.6 is 0 Å². The van der Waals surface area contributed by atoms with Crippen LogP contribution in [0.3, 0.4) is 0 Å². The minimum atomic E-state index is -4.98. The van der Waals surface area contributed by atoms with E-state index in [1.807, 2.05) is 0 Å². The van der Waals surface area contributed by atoms with Crippen LogP contribution in [0.4, 0.5) is 22.0 Å². The highest BCUT2D eigenvalue weighted by Gasteiger charge is 2.32. The molecule has 0 aliphatic carbocycles. The van der Waals surface area contributed by atoms with Gasteiger partial charge in [0.05, 0.1) is 6.10 Å². The van der Waals surface area contributed by atoms with Gasteiger partial charge in [0.1, 0.15) is 16.7 Å². The quantitative estimate of drug-likeness (QED) is 0.350. The summed E-state index contributed by atoms with van der Waals surface area (Å²) in [6, 6.07) is 3.11. The number of ether oxygens (including phenoxy) is 1. The van der Waals surface area contributed by atoms with Gasteiger partial charge in [-0.25, -0.2) is 13.2 Å². The van der Waals surface area contributed by atoms with Crippen molar-refractivity contribution in [3.63, 3.8) is 0 Å². The summed E-state index contributed by atoms with van der Waals surface area (Å²) in [6.45, 7) is 1.79. The molecule has 1 aliphatic heterocycles. The predicted octanol–water partition coefficient (Wildman–Crippen LogP) is 3.74. The minimum absolute atomic E-state index is 0.00712. The molecule has 0 spiro atoms.